The molecule has 3 amide bonds. The Hall–Kier alpha value is -4.12. The SMILES string of the molecule is N#CC(NC(=O)CCCN1C(=O)c2cccc3cccc(c23)C1=O)c1ccc(F)cc1F. The van der Waals surface area contributed by atoms with Gasteiger partial charge in [0.2, 0.25) is 5.91 Å². The van der Waals surface area contributed by atoms with E-state index in [9.17, 15) is 28.4 Å². The van der Waals surface area contributed by atoms with Crippen LogP contribution in [0.5, 0.6) is 0 Å². The Kier molecular flexibility index (Phi) is 5.65. The average Bonchev–Trinajstić information content (AvgIpc) is 2.78. The zero-order valence-electron chi connectivity index (χ0n) is 16.8. The van der Waals surface area contributed by atoms with E-state index in [4.69, 9.17) is 0 Å². The van der Waals surface area contributed by atoms with Gasteiger partial charge in [-0.2, -0.15) is 5.26 Å². The van der Waals surface area contributed by atoms with Gasteiger partial charge in [-0.1, -0.05) is 30.3 Å². The van der Waals surface area contributed by atoms with Crippen molar-refractivity contribution in [3.63, 3.8) is 0 Å². The summed E-state index contributed by atoms with van der Waals surface area (Å²) in [6, 6.07) is 13.7. The number of hydrogen-bond acceptors (Lipinski definition) is 4. The van der Waals surface area contributed by atoms with Gasteiger partial charge in [-0.25, -0.2) is 8.78 Å². The lowest BCUT2D eigenvalue weighted by atomic mass is 9.94. The highest BCUT2D eigenvalue weighted by Crippen LogP contribution is 2.30. The fraction of sp³-hybridized carbons (Fsp3) is 0.167. The Labute approximate surface area is 182 Å². The maximum Gasteiger partial charge on any atom is 0.261 e. The molecule has 0 aromatic heterocycles. The topological polar surface area (TPSA) is 90.3 Å². The van der Waals surface area contributed by atoms with Gasteiger partial charge in [0, 0.05) is 41.1 Å². The Morgan fingerprint density at radius 2 is 1.69 bits per heavy atom. The second-order valence-electron chi connectivity index (χ2n) is 7.37. The van der Waals surface area contributed by atoms with Crippen molar-refractivity contribution in [1.82, 2.24) is 10.2 Å². The molecule has 32 heavy (non-hydrogen) atoms. The number of amides is 3. The van der Waals surface area contributed by atoms with Crippen molar-refractivity contribution in [2.75, 3.05) is 6.54 Å². The third kappa shape index (κ3) is 3.81. The zero-order valence-corrected chi connectivity index (χ0v) is 16.8. The predicted octanol–water partition coefficient (Wildman–Crippen LogP) is 3.88. The number of rotatable bonds is 6. The first-order chi connectivity index (χ1) is 15.4. The number of benzene rings is 3. The van der Waals surface area contributed by atoms with Crippen LogP contribution in [0.25, 0.3) is 10.8 Å². The second kappa shape index (κ2) is 8.55. The molecule has 0 spiro atoms. The fourth-order valence-electron chi connectivity index (χ4n) is 3.83. The van der Waals surface area contributed by atoms with Crippen molar-refractivity contribution < 1.29 is 23.2 Å². The molecule has 0 radical (unpaired) electrons. The molecule has 1 aliphatic rings. The molecule has 3 aromatic carbocycles. The summed E-state index contributed by atoms with van der Waals surface area (Å²) in [5.74, 6) is -3.14. The molecule has 160 valence electrons. The number of nitrogens with one attached hydrogen (secondary N) is 1. The summed E-state index contributed by atoms with van der Waals surface area (Å²) in [5.41, 5.74) is 0.713. The lowest BCUT2D eigenvalue weighted by Crippen LogP contribution is -2.41. The molecule has 4 rings (SSSR count). The summed E-state index contributed by atoms with van der Waals surface area (Å²) in [6.07, 6.45) is 0.0649. The molecule has 0 saturated heterocycles. The Morgan fingerprint density at radius 1 is 1.03 bits per heavy atom. The molecule has 1 atom stereocenters. The maximum absolute atomic E-state index is 13.9. The number of carbonyl (C=O) groups excluding carboxylic acids is 3. The molecular weight excluding hydrogens is 416 g/mol. The maximum atomic E-state index is 13.9. The summed E-state index contributed by atoms with van der Waals surface area (Å²) in [5, 5.41) is 13.1. The Morgan fingerprint density at radius 3 is 2.28 bits per heavy atom. The monoisotopic (exact) mass is 433 g/mol. The van der Waals surface area contributed by atoms with Crippen molar-refractivity contribution in [2.24, 2.45) is 0 Å². The van der Waals surface area contributed by atoms with Gasteiger partial charge in [-0.15, -0.1) is 0 Å². The van der Waals surface area contributed by atoms with Gasteiger partial charge in [0.05, 0.1) is 6.07 Å². The van der Waals surface area contributed by atoms with Crippen LogP contribution in [0.3, 0.4) is 0 Å². The molecule has 0 fully saturated rings. The molecular formula is C24H17F2N3O3. The number of nitriles is 1. The number of carbonyl (C=O) groups is 3. The first-order valence-corrected chi connectivity index (χ1v) is 9.92. The highest BCUT2D eigenvalue weighted by atomic mass is 19.1. The molecule has 0 saturated carbocycles. The van der Waals surface area contributed by atoms with Crippen LogP contribution in [0, 0.1) is 23.0 Å². The van der Waals surface area contributed by atoms with Crippen LogP contribution in [0.1, 0.15) is 45.2 Å². The Balaban J connectivity index is 1.41. The predicted molar refractivity (Wildman–Crippen MR) is 111 cm³/mol. The quantitative estimate of drug-likeness (QED) is 0.598. The van der Waals surface area contributed by atoms with E-state index in [0.717, 1.165) is 22.4 Å². The molecule has 3 aromatic rings. The van der Waals surface area contributed by atoms with Crippen LogP contribution in [0.15, 0.2) is 54.6 Å². The smallest absolute Gasteiger partial charge is 0.261 e. The van der Waals surface area contributed by atoms with Crippen molar-refractivity contribution in [2.45, 2.75) is 18.9 Å². The highest BCUT2D eigenvalue weighted by Gasteiger charge is 2.32. The number of halogens is 2. The molecule has 6 nitrogen and oxygen atoms in total. The highest BCUT2D eigenvalue weighted by molar-refractivity contribution is 6.25. The van der Waals surface area contributed by atoms with Crippen LogP contribution in [0.2, 0.25) is 0 Å². The van der Waals surface area contributed by atoms with Gasteiger partial charge in [0.15, 0.2) is 0 Å². The van der Waals surface area contributed by atoms with Crippen molar-refractivity contribution >= 4 is 28.5 Å². The molecule has 1 unspecified atom stereocenters. The summed E-state index contributed by atoms with van der Waals surface area (Å²) < 4.78 is 27.0. The van der Waals surface area contributed by atoms with E-state index in [-0.39, 0.29) is 24.9 Å². The first kappa shape index (κ1) is 21.1. The Bertz CT molecular complexity index is 1250. The van der Waals surface area contributed by atoms with Gasteiger partial charge >= 0.3 is 0 Å². The normalized spacial score (nSPS) is 13.7. The minimum Gasteiger partial charge on any atom is -0.337 e. The van der Waals surface area contributed by atoms with Crippen LogP contribution >= 0.6 is 0 Å². The van der Waals surface area contributed by atoms with Gasteiger partial charge in [0.1, 0.15) is 17.7 Å². The van der Waals surface area contributed by atoms with Crippen LogP contribution in [-0.4, -0.2) is 29.2 Å². The minimum absolute atomic E-state index is 0.0118. The van der Waals surface area contributed by atoms with E-state index < -0.39 is 35.4 Å². The number of nitrogens with zero attached hydrogens (tertiary/aromatic N) is 2. The second-order valence-corrected chi connectivity index (χ2v) is 7.37. The summed E-state index contributed by atoms with van der Waals surface area (Å²) in [4.78, 5) is 39.1. The average molecular weight is 433 g/mol. The van der Waals surface area contributed by atoms with E-state index >= 15 is 0 Å². The standard InChI is InChI=1S/C24H17F2N3O3/c25-15-9-10-16(19(26)12-15)20(13-27)28-21(30)8-3-11-29-23(31)17-6-1-4-14-5-2-7-18(22(14)17)24(29)32/h1-2,4-7,9-10,12,20H,3,8,11H2,(H,28,30). The van der Waals surface area contributed by atoms with Crippen molar-refractivity contribution in [1.29, 1.82) is 5.26 Å². The molecule has 0 bridgehead atoms. The van der Waals surface area contributed by atoms with E-state index in [0.29, 0.717) is 22.6 Å². The van der Waals surface area contributed by atoms with E-state index in [1.807, 2.05) is 12.1 Å². The zero-order chi connectivity index (χ0) is 22.8. The fourth-order valence-corrected chi connectivity index (χ4v) is 3.83. The van der Waals surface area contributed by atoms with Gasteiger partial charge < -0.3 is 5.32 Å². The van der Waals surface area contributed by atoms with Crippen LogP contribution in [-0.2, 0) is 4.79 Å². The van der Waals surface area contributed by atoms with Gasteiger partial charge in [0.25, 0.3) is 11.8 Å². The lowest BCUT2D eigenvalue weighted by molar-refractivity contribution is -0.121. The van der Waals surface area contributed by atoms with E-state index in [1.165, 1.54) is 0 Å². The van der Waals surface area contributed by atoms with Crippen molar-refractivity contribution in [3.05, 3.63) is 82.9 Å². The van der Waals surface area contributed by atoms with E-state index in [1.54, 1.807) is 30.3 Å². The number of imide groups is 1. The molecule has 1 N–H and O–H groups in total. The first-order valence-electron chi connectivity index (χ1n) is 9.92. The molecule has 1 heterocycles. The lowest BCUT2D eigenvalue weighted by Gasteiger charge is -2.27. The molecule has 0 aliphatic carbocycles. The minimum atomic E-state index is -1.29. The van der Waals surface area contributed by atoms with Crippen LogP contribution < -0.4 is 5.32 Å². The summed E-state index contributed by atoms with van der Waals surface area (Å²) >= 11 is 0. The third-order valence-corrected chi connectivity index (χ3v) is 5.35. The number of hydrogen-bond donors (Lipinski definition) is 1. The van der Waals surface area contributed by atoms with Crippen molar-refractivity contribution in [3.8, 4) is 6.07 Å². The molecule has 8 heteroatoms. The van der Waals surface area contributed by atoms with Gasteiger partial charge in [-0.05, 0) is 30.0 Å². The molecule has 1 aliphatic heterocycles. The summed E-state index contributed by atoms with van der Waals surface area (Å²) in [6.45, 7) is 0.0118. The summed E-state index contributed by atoms with van der Waals surface area (Å²) in [7, 11) is 0. The third-order valence-electron chi connectivity index (χ3n) is 5.35. The largest absolute Gasteiger partial charge is 0.337 e. The van der Waals surface area contributed by atoms with Crippen LogP contribution in [0.4, 0.5) is 8.78 Å². The van der Waals surface area contributed by atoms with E-state index in [2.05, 4.69) is 5.32 Å². The van der Waals surface area contributed by atoms with Gasteiger partial charge in [-0.3, -0.25) is 19.3 Å².